The summed E-state index contributed by atoms with van der Waals surface area (Å²) < 4.78 is 9.21. The number of anilines is 6. The molecule has 0 amide bonds. The first-order chi connectivity index (χ1) is 34.2. The highest BCUT2D eigenvalue weighted by molar-refractivity contribution is 7.25. The second-order valence-corrected chi connectivity index (χ2v) is 21.2. The van der Waals surface area contributed by atoms with E-state index in [1.54, 1.807) is 0 Å². The Morgan fingerprint density at radius 1 is 0.343 bits per heavy atom. The molecular formula is C66H48N2OS. The molecule has 0 saturated carbocycles. The maximum atomic E-state index is 6.63. The molecule has 0 atom stereocenters. The van der Waals surface area contributed by atoms with Gasteiger partial charge in [0.25, 0.3) is 0 Å². The summed E-state index contributed by atoms with van der Waals surface area (Å²) in [5.41, 5.74) is 20.7. The van der Waals surface area contributed by atoms with Crippen molar-refractivity contribution in [3.8, 4) is 33.4 Å². The van der Waals surface area contributed by atoms with Crippen LogP contribution in [0.3, 0.4) is 0 Å². The Hall–Kier alpha value is -8.18. The number of thiophene rings is 1. The molecule has 12 aromatic rings. The van der Waals surface area contributed by atoms with Crippen molar-refractivity contribution in [3.63, 3.8) is 0 Å². The summed E-state index contributed by atoms with van der Waals surface area (Å²) in [4.78, 5) is 4.97. The van der Waals surface area contributed by atoms with Gasteiger partial charge in [-0.3, -0.25) is 0 Å². The van der Waals surface area contributed by atoms with Gasteiger partial charge in [0.1, 0.15) is 11.2 Å². The molecule has 0 spiro atoms. The molecule has 3 nitrogen and oxygen atoms in total. The van der Waals surface area contributed by atoms with Crippen LogP contribution in [0.15, 0.2) is 223 Å². The third-order valence-corrected chi connectivity index (χ3v) is 16.6. The Kier molecular flexibility index (Phi) is 8.85. The van der Waals surface area contributed by atoms with E-state index >= 15 is 0 Å². The molecule has 0 bridgehead atoms. The molecule has 0 N–H and O–H groups in total. The summed E-state index contributed by atoms with van der Waals surface area (Å²) in [5, 5.41) is 4.71. The van der Waals surface area contributed by atoms with Crippen LogP contribution in [0, 0.1) is 0 Å². The van der Waals surface area contributed by atoms with Crippen molar-refractivity contribution in [2.45, 2.75) is 38.5 Å². The van der Waals surface area contributed by atoms with Gasteiger partial charge >= 0.3 is 0 Å². The Bertz CT molecular complexity index is 4100. The lowest BCUT2D eigenvalue weighted by Gasteiger charge is -2.31. The number of fused-ring (bicyclic) bond motifs is 12. The van der Waals surface area contributed by atoms with Gasteiger partial charge in [-0.25, -0.2) is 0 Å². The van der Waals surface area contributed by atoms with Gasteiger partial charge in [-0.05, 0) is 141 Å². The summed E-state index contributed by atoms with van der Waals surface area (Å²) in [7, 11) is 0. The summed E-state index contributed by atoms with van der Waals surface area (Å²) in [6.45, 7) is 9.42. The monoisotopic (exact) mass is 916 g/mol. The van der Waals surface area contributed by atoms with Crippen molar-refractivity contribution >= 4 is 87.6 Å². The van der Waals surface area contributed by atoms with E-state index in [4.69, 9.17) is 4.42 Å². The van der Waals surface area contributed by atoms with E-state index in [1.807, 2.05) is 11.3 Å². The fraction of sp³-hybridized carbons (Fsp3) is 0.0909. The van der Waals surface area contributed by atoms with Gasteiger partial charge in [0.15, 0.2) is 0 Å². The van der Waals surface area contributed by atoms with Crippen LogP contribution in [0.4, 0.5) is 34.1 Å². The van der Waals surface area contributed by atoms with Crippen LogP contribution >= 0.6 is 11.3 Å². The predicted octanol–water partition coefficient (Wildman–Crippen LogP) is 19.2. The molecule has 0 radical (unpaired) electrons. The van der Waals surface area contributed by atoms with Crippen LogP contribution in [-0.4, -0.2) is 0 Å². The predicted molar refractivity (Wildman–Crippen MR) is 297 cm³/mol. The molecule has 2 heterocycles. The van der Waals surface area contributed by atoms with Gasteiger partial charge in [-0.2, -0.15) is 0 Å². The third kappa shape index (κ3) is 6.06. The topological polar surface area (TPSA) is 19.6 Å². The SMILES string of the molecule is CC1(C)c2ccccc2-c2cc(N(c3cc(-c4ccccc4)cc(N(c4ccc5c(c4)-c4ccccc4C5(C)C)c4cccc5oc6ccccc6c45)c3)c3ccc4sc5ccccc5c4c3)ccc21. The van der Waals surface area contributed by atoms with Crippen molar-refractivity contribution in [3.05, 3.63) is 241 Å². The average Bonchev–Trinajstić information content (AvgIpc) is 4.09. The Balaban J connectivity index is 1.06. The largest absolute Gasteiger partial charge is 0.456 e. The minimum atomic E-state index is -0.128. The minimum Gasteiger partial charge on any atom is -0.456 e. The Morgan fingerprint density at radius 3 is 1.59 bits per heavy atom. The van der Waals surface area contributed by atoms with Gasteiger partial charge < -0.3 is 14.2 Å². The number of benzene rings is 10. The first-order valence-corrected chi connectivity index (χ1v) is 25.1. The van der Waals surface area contributed by atoms with Crippen LogP contribution in [0.25, 0.3) is 75.5 Å². The quantitative estimate of drug-likeness (QED) is 0.159. The third-order valence-electron chi connectivity index (χ3n) is 15.4. The lowest BCUT2D eigenvalue weighted by molar-refractivity contribution is 0.660. The number of nitrogens with zero attached hydrogens (tertiary/aromatic N) is 2. The number of hydrogen-bond acceptors (Lipinski definition) is 4. The molecule has 0 fully saturated rings. The normalized spacial score (nSPS) is 13.9. The Morgan fingerprint density at radius 2 is 0.871 bits per heavy atom. The highest BCUT2D eigenvalue weighted by Crippen LogP contribution is 2.54. The number of para-hydroxylation sites is 1. The molecule has 334 valence electrons. The standard InChI is InChI=1S/C66H48N2OS/c1-65(2)55-23-12-8-19-48(55)52-38-43(29-32-57(52)65)67(44-31-34-63-54(40-44)50-21-11-15-28-62(50)70-63)46-35-42(41-17-6-5-7-18-41)36-47(37-46)68(59-25-16-27-61-64(59)51-22-10-14-26-60(51)69-61)45-30-33-58-53(39-45)49-20-9-13-24-56(49)66(58,3)4/h5-40H,1-4H3. The van der Waals surface area contributed by atoms with E-state index in [9.17, 15) is 0 Å². The van der Waals surface area contributed by atoms with Gasteiger partial charge in [0, 0.05) is 64.8 Å². The Labute approximate surface area is 412 Å². The van der Waals surface area contributed by atoms with Gasteiger partial charge in [-0.1, -0.05) is 161 Å². The van der Waals surface area contributed by atoms with E-state index in [0.717, 1.165) is 67.2 Å². The van der Waals surface area contributed by atoms with E-state index in [-0.39, 0.29) is 10.8 Å². The average molecular weight is 917 g/mol. The molecule has 0 saturated heterocycles. The highest BCUT2D eigenvalue weighted by Gasteiger charge is 2.37. The zero-order valence-electron chi connectivity index (χ0n) is 39.5. The van der Waals surface area contributed by atoms with Gasteiger partial charge in [0.2, 0.25) is 0 Å². The zero-order chi connectivity index (χ0) is 46.9. The smallest absolute Gasteiger partial charge is 0.137 e. The van der Waals surface area contributed by atoms with Crippen molar-refractivity contribution in [2.75, 3.05) is 9.80 Å². The second-order valence-electron chi connectivity index (χ2n) is 20.1. The highest BCUT2D eigenvalue weighted by atomic mass is 32.1. The van der Waals surface area contributed by atoms with Crippen molar-refractivity contribution in [1.29, 1.82) is 0 Å². The first kappa shape index (κ1) is 40.8. The molecule has 4 heteroatoms. The lowest BCUT2D eigenvalue weighted by atomic mass is 9.82. The fourth-order valence-electron chi connectivity index (χ4n) is 12.0. The maximum absolute atomic E-state index is 6.63. The zero-order valence-corrected chi connectivity index (χ0v) is 40.3. The summed E-state index contributed by atoms with van der Waals surface area (Å²) >= 11 is 1.86. The molecule has 0 unspecified atom stereocenters. The summed E-state index contributed by atoms with van der Waals surface area (Å²) in [6.07, 6.45) is 0. The van der Waals surface area contributed by atoms with E-state index < -0.39 is 0 Å². The number of rotatable bonds is 7. The van der Waals surface area contributed by atoms with Crippen molar-refractivity contribution < 1.29 is 4.42 Å². The fourth-order valence-corrected chi connectivity index (χ4v) is 13.1. The lowest BCUT2D eigenvalue weighted by Crippen LogP contribution is -2.16. The van der Waals surface area contributed by atoms with Crippen molar-refractivity contribution in [1.82, 2.24) is 0 Å². The number of furan rings is 1. The van der Waals surface area contributed by atoms with Crippen LogP contribution in [0.1, 0.15) is 49.9 Å². The van der Waals surface area contributed by atoms with E-state index in [0.29, 0.717) is 0 Å². The van der Waals surface area contributed by atoms with Gasteiger partial charge in [0.05, 0.1) is 11.1 Å². The molecule has 2 aliphatic rings. The molecule has 10 aromatic carbocycles. The maximum Gasteiger partial charge on any atom is 0.137 e. The molecular weight excluding hydrogens is 869 g/mol. The molecule has 2 aliphatic carbocycles. The first-order valence-electron chi connectivity index (χ1n) is 24.3. The molecule has 2 aromatic heterocycles. The molecule has 0 aliphatic heterocycles. The van der Waals surface area contributed by atoms with Crippen LogP contribution < -0.4 is 9.80 Å². The minimum absolute atomic E-state index is 0.117. The van der Waals surface area contributed by atoms with Crippen LogP contribution in [-0.2, 0) is 10.8 Å². The summed E-state index contributed by atoms with van der Waals surface area (Å²) in [6, 6.07) is 80.9. The molecule has 14 rings (SSSR count). The van der Waals surface area contributed by atoms with Crippen LogP contribution in [0.5, 0.6) is 0 Å². The molecule has 70 heavy (non-hydrogen) atoms. The van der Waals surface area contributed by atoms with Crippen molar-refractivity contribution in [2.24, 2.45) is 0 Å². The second kappa shape index (κ2) is 15.2. The van der Waals surface area contributed by atoms with E-state index in [2.05, 4.69) is 256 Å². The summed E-state index contributed by atoms with van der Waals surface area (Å²) in [5.74, 6) is 0. The van der Waals surface area contributed by atoms with Gasteiger partial charge in [-0.15, -0.1) is 11.3 Å². The van der Waals surface area contributed by atoms with E-state index in [1.165, 1.54) is 64.7 Å². The number of hydrogen-bond donors (Lipinski definition) is 0. The van der Waals surface area contributed by atoms with Crippen LogP contribution in [0.2, 0.25) is 0 Å².